The van der Waals surface area contributed by atoms with Gasteiger partial charge in [0.25, 0.3) is 0 Å². The Hall–Kier alpha value is -2.41. The first-order valence-electron chi connectivity index (χ1n) is 19.2. The van der Waals surface area contributed by atoms with Gasteiger partial charge in [-0.15, -0.1) is 17.4 Å². The zero-order valence-electron chi connectivity index (χ0n) is 31.5. The van der Waals surface area contributed by atoms with Gasteiger partial charge in [-0.05, 0) is 122 Å². The van der Waals surface area contributed by atoms with Gasteiger partial charge in [-0.3, -0.25) is 0 Å². The van der Waals surface area contributed by atoms with Crippen LogP contribution in [0.25, 0.3) is 5.69 Å². The largest absolute Gasteiger partial charge is 0.353 e. The van der Waals surface area contributed by atoms with Gasteiger partial charge in [-0.2, -0.15) is 0 Å². The van der Waals surface area contributed by atoms with Crippen LogP contribution in [0.2, 0.25) is 0 Å². The summed E-state index contributed by atoms with van der Waals surface area (Å²) in [6, 6.07) is 17.0. The maximum absolute atomic E-state index is 5.72. The summed E-state index contributed by atoms with van der Waals surface area (Å²) in [7, 11) is 2.10. The number of nitrogens with one attached hydrogen (secondary N) is 1. The molecular weight excluding hydrogens is 767 g/mol. The Labute approximate surface area is 326 Å². The Kier molecular flexibility index (Phi) is 23.0. The topological polar surface area (TPSA) is 132 Å². The van der Waals surface area contributed by atoms with Crippen LogP contribution in [0.5, 0.6) is 0 Å². The predicted molar refractivity (Wildman–Crippen MR) is 218 cm³/mol. The number of ether oxygens (including phenoxy) is 4. The van der Waals surface area contributed by atoms with E-state index in [1.165, 1.54) is 54.1 Å². The second-order valence-corrected chi connectivity index (χ2v) is 14.5. The lowest BCUT2D eigenvalue weighted by molar-refractivity contribution is -0.161. The van der Waals surface area contributed by atoms with Crippen molar-refractivity contribution in [2.75, 3.05) is 33.5 Å². The Morgan fingerprint density at radius 3 is 1.94 bits per heavy atom. The lowest BCUT2D eigenvalue weighted by Crippen LogP contribution is -2.35. The van der Waals surface area contributed by atoms with Crippen LogP contribution in [-0.4, -0.2) is 67.1 Å². The first kappa shape index (κ1) is 44.0. The van der Waals surface area contributed by atoms with Crippen LogP contribution in [-0.2, 0) is 38.5 Å². The molecule has 0 radical (unpaired) electrons. The molecule has 2 aromatic carbocycles. The number of terminal acetylenes is 1. The van der Waals surface area contributed by atoms with Crippen LogP contribution in [0.4, 0.5) is 0 Å². The zero-order valence-corrected chi connectivity index (χ0v) is 33.7. The molecule has 3 fully saturated rings. The number of rotatable bonds is 12. The fourth-order valence-electron chi connectivity index (χ4n) is 6.25. The van der Waals surface area contributed by atoms with E-state index < -0.39 is 0 Å². The van der Waals surface area contributed by atoms with Crippen LogP contribution in [0.1, 0.15) is 101 Å². The van der Waals surface area contributed by atoms with Gasteiger partial charge >= 0.3 is 0 Å². The van der Waals surface area contributed by atoms with Gasteiger partial charge in [-0.25, -0.2) is 4.68 Å². The minimum Gasteiger partial charge on any atom is -0.353 e. The molecule has 4 atom stereocenters. The third kappa shape index (κ3) is 17.6. The third-order valence-electron chi connectivity index (χ3n) is 9.42. The fraction of sp³-hybridized carbons (Fsp3) is 0.610. The van der Waals surface area contributed by atoms with E-state index in [-0.39, 0.29) is 12.6 Å². The van der Waals surface area contributed by atoms with Crippen molar-refractivity contribution < 1.29 is 18.9 Å². The van der Waals surface area contributed by atoms with Crippen molar-refractivity contribution in [1.29, 1.82) is 0 Å². The molecule has 1 aromatic heterocycles. The van der Waals surface area contributed by atoms with E-state index in [0.717, 1.165) is 74.2 Å². The Morgan fingerprint density at radius 1 is 0.846 bits per heavy atom. The van der Waals surface area contributed by atoms with Crippen LogP contribution in [0.3, 0.4) is 0 Å². The Balaban J connectivity index is 0.000000205. The van der Waals surface area contributed by atoms with Crippen molar-refractivity contribution in [1.82, 2.24) is 20.3 Å². The maximum atomic E-state index is 5.72. The van der Waals surface area contributed by atoms with Gasteiger partial charge in [-0.1, -0.05) is 55.7 Å². The van der Waals surface area contributed by atoms with Gasteiger partial charge in [0, 0.05) is 48.8 Å². The number of hydrogen-bond acceptors (Lipinski definition) is 9. The molecule has 3 heterocycles. The molecule has 1 aliphatic carbocycles. The molecule has 0 bridgehead atoms. The molecular formula is C41H63IN6O4. The highest BCUT2D eigenvalue weighted by atomic mass is 127. The highest BCUT2D eigenvalue weighted by molar-refractivity contribution is 14.1. The summed E-state index contributed by atoms with van der Waals surface area (Å²) in [6.07, 6.45) is 22.2. The molecule has 11 heteroatoms. The Morgan fingerprint density at radius 2 is 1.42 bits per heavy atom. The zero-order chi connectivity index (χ0) is 37.2. The minimum atomic E-state index is -0.0485. The van der Waals surface area contributed by atoms with E-state index in [0.29, 0.717) is 32.7 Å². The average molecular weight is 831 g/mol. The molecule has 3 aromatic rings. The number of aromatic nitrogens is 3. The van der Waals surface area contributed by atoms with Crippen molar-refractivity contribution in [2.45, 2.75) is 122 Å². The van der Waals surface area contributed by atoms with Crippen LogP contribution in [0, 0.1) is 21.8 Å². The van der Waals surface area contributed by atoms with Gasteiger partial charge in [0.1, 0.15) is 0 Å². The number of benzene rings is 2. The van der Waals surface area contributed by atoms with E-state index in [4.69, 9.17) is 36.8 Å². The molecule has 2 saturated heterocycles. The standard InChI is InChI=1S/C16H22N4O2.C9H19N.C9H14O2.C7H8IN/c17-11-13-4-6-15(7-5-13)20-12-14(18-19-20)8-10-22-16-3-1-2-9-21-16;1-3-8-6-4-5-7-9(8)10-2;1-2-3-7-10-9-6-4-5-8-11-9;8-7-3-1-6(5-9)2-4-7/h4-7,12,16H,1-3,8-11,17H2;8-10H,3-7H2,1-2H3;1,9H,3-8H2;1-4H,5,9H2/t;8-,9-;;/m.0../s1. The molecule has 52 heavy (non-hydrogen) atoms. The number of hydrogen-bond donors (Lipinski definition) is 3. The van der Waals surface area contributed by atoms with E-state index in [1.54, 1.807) is 4.68 Å². The average Bonchev–Trinajstić information content (AvgIpc) is 3.69. The van der Waals surface area contributed by atoms with Gasteiger partial charge in [0.15, 0.2) is 12.6 Å². The van der Waals surface area contributed by atoms with E-state index >= 15 is 0 Å². The van der Waals surface area contributed by atoms with Crippen molar-refractivity contribution in [3.05, 3.63) is 75.1 Å². The maximum Gasteiger partial charge on any atom is 0.157 e. The van der Waals surface area contributed by atoms with E-state index in [9.17, 15) is 0 Å². The van der Waals surface area contributed by atoms with Crippen molar-refractivity contribution in [3.63, 3.8) is 0 Å². The quantitative estimate of drug-likeness (QED) is 0.0979. The van der Waals surface area contributed by atoms with Crippen LogP contribution >= 0.6 is 22.6 Å². The SMILES string of the molecule is C#CCCOC1CCCCO1.CC[C@H]1CCCC[C@@H]1NC.NCc1ccc(-n2cc(CCOC3CCCCO3)nn2)cc1.NCc1ccc(I)cc1. The third-order valence-corrected chi connectivity index (χ3v) is 10.1. The summed E-state index contributed by atoms with van der Waals surface area (Å²) in [6.45, 7) is 6.36. The summed E-state index contributed by atoms with van der Waals surface area (Å²) >= 11 is 2.27. The van der Waals surface area contributed by atoms with E-state index in [2.05, 4.69) is 70.2 Å². The molecule has 2 aliphatic heterocycles. The molecule has 288 valence electrons. The fourth-order valence-corrected chi connectivity index (χ4v) is 6.61. The Bertz CT molecular complexity index is 1340. The molecule has 2 unspecified atom stereocenters. The number of nitrogens with two attached hydrogens (primary N) is 2. The van der Waals surface area contributed by atoms with E-state index in [1.807, 2.05) is 42.6 Å². The van der Waals surface area contributed by atoms with Gasteiger partial charge < -0.3 is 35.7 Å². The lowest BCUT2D eigenvalue weighted by atomic mass is 9.83. The highest BCUT2D eigenvalue weighted by Gasteiger charge is 2.21. The van der Waals surface area contributed by atoms with Crippen molar-refractivity contribution in [2.24, 2.45) is 17.4 Å². The molecule has 10 nitrogen and oxygen atoms in total. The van der Waals surface area contributed by atoms with Crippen molar-refractivity contribution in [3.8, 4) is 18.0 Å². The molecule has 5 N–H and O–H groups in total. The molecule has 6 rings (SSSR count). The molecule has 0 spiro atoms. The summed E-state index contributed by atoms with van der Waals surface area (Å²) in [5.74, 6) is 3.48. The first-order valence-corrected chi connectivity index (χ1v) is 20.3. The normalized spacial score (nSPS) is 21.2. The number of halogens is 1. The van der Waals surface area contributed by atoms with Crippen LogP contribution < -0.4 is 16.8 Å². The summed E-state index contributed by atoms with van der Waals surface area (Å²) in [5, 5.41) is 11.7. The summed E-state index contributed by atoms with van der Waals surface area (Å²) < 4.78 is 25.0. The van der Waals surface area contributed by atoms with Crippen LogP contribution in [0.15, 0.2) is 54.7 Å². The summed E-state index contributed by atoms with van der Waals surface area (Å²) in [4.78, 5) is 0. The minimum absolute atomic E-state index is 0.0112. The second kappa shape index (κ2) is 27.2. The lowest BCUT2D eigenvalue weighted by Gasteiger charge is -2.30. The molecule has 3 aliphatic rings. The predicted octanol–water partition coefficient (Wildman–Crippen LogP) is 7.29. The summed E-state index contributed by atoms with van der Waals surface area (Å²) in [5.41, 5.74) is 15.2. The monoisotopic (exact) mass is 830 g/mol. The second-order valence-electron chi connectivity index (χ2n) is 13.2. The van der Waals surface area contributed by atoms with Gasteiger partial charge in [0.05, 0.1) is 30.8 Å². The van der Waals surface area contributed by atoms with Crippen molar-refractivity contribution >= 4 is 22.6 Å². The number of nitrogens with zero attached hydrogens (tertiary/aromatic N) is 3. The molecule has 0 amide bonds. The highest BCUT2D eigenvalue weighted by Crippen LogP contribution is 2.26. The smallest absolute Gasteiger partial charge is 0.157 e. The first-order chi connectivity index (χ1) is 25.5. The molecule has 1 saturated carbocycles. The van der Waals surface area contributed by atoms with Gasteiger partial charge in [0.2, 0.25) is 0 Å².